The molecule has 3 aromatic heterocycles. The predicted octanol–water partition coefficient (Wildman–Crippen LogP) is 2.81. The number of hydrogen-bond acceptors (Lipinski definition) is 4. The molecule has 12 heteroatoms. The summed E-state index contributed by atoms with van der Waals surface area (Å²) in [6.45, 7) is 3.13. The number of aromatic nitrogens is 6. The second kappa shape index (κ2) is 7.06. The Kier molecular flexibility index (Phi) is 4.96. The van der Waals surface area contributed by atoms with E-state index in [9.17, 15) is 18.0 Å². The van der Waals surface area contributed by atoms with Crippen LogP contribution in [0.15, 0.2) is 24.8 Å². The first-order chi connectivity index (χ1) is 12.7. The van der Waals surface area contributed by atoms with Crippen LogP contribution in [0.5, 0.6) is 0 Å². The van der Waals surface area contributed by atoms with Gasteiger partial charge in [0.15, 0.2) is 11.4 Å². The number of nitrogens with zero attached hydrogens (tertiary/aromatic N) is 6. The summed E-state index contributed by atoms with van der Waals surface area (Å²) in [4.78, 5) is 12.2. The lowest BCUT2D eigenvalue weighted by Crippen LogP contribution is -2.13. The molecule has 27 heavy (non-hydrogen) atoms. The van der Waals surface area contributed by atoms with E-state index >= 15 is 0 Å². The van der Waals surface area contributed by atoms with E-state index in [0.717, 1.165) is 19.2 Å². The van der Waals surface area contributed by atoms with Crippen molar-refractivity contribution in [2.45, 2.75) is 26.2 Å². The van der Waals surface area contributed by atoms with E-state index in [4.69, 9.17) is 11.6 Å². The molecule has 0 unspecified atom stereocenters. The van der Waals surface area contributed by atoms with Crippen LogP contribution in [-0.2, 0) is 26.3 Å². The SMILES string of the molecule is CCn1cc(Cn2cc(NC(=O)c3nn(C)c(C(F)(F)F)c3Cl)cn2)cn1. The van der Waals surface area contributed by atoms with Crippen LogP contribution >= 0.6 is 11.6 Å². The van der Waals surface area contributed by atoms with E-state index in [0.29, 0.717) is 16.9 Å². The van der Waals surface area contributed by atoms with E-state index in [1.807, 2.05) is 13.1 Å². The maximum atomic E-state index is 13.0. The summed E-state index contributed by atoms with van der Waals surface area (Å²) in [7, 11) is 1.07. The third kappa shape index (κ3) is 3.97. The molecular weight excluding hydrogens is 387 g/mol. The molecule has 0 fully saturated rings. The molecule has 0 bridgehead atoms. The number of anilines is 1. The van der Waals surface area contributed by atoms with Crippen molar-refractivity contribution in [1.82, 2.24) is 29.3 Å². The zero-order valence-electron chi connectivity index (χ0n) is 14.3. The summed E-state index contributed by atoms with van der Waals surface area (Å²) < 4.78 is 42.7. The van der Waals surface area contributed by atoms with Crippen LogP contribution in [0.4, 0.5) is 18.9 Å². The molecule has 3 heterocycles. The summed E-state index contributed by atoms with van der Waals surface area (Å²) in [6.07, 6.45) is 1.78. The fourth-order valence-corrected chi connectivity index (χ4v) is 2.86. The molecule has 8 nitrogen and oxygen atoms in total. The van der Waals surface area contributed by atoms with E-state index in [-0.39, 0.29) is 0 Å². The molecule has 0 saturated heterocycles. The monoisotopic (exact) mass is 401 g/mol. The first-order valence-electron chi connectivity index (χ1n) is 7.84. The van der Waals surface area contributed by atoms with Crippen LogP contribution < -0.4 is 5.32 Å². The van der Waals surface area contributed by atoms with Crippen molar-refractivity contribution in [2.24, 2.45) is 7.05 Å². The molecule has 0 aromatic carbocycles. The van der Waals surface area contributed by atoms with Gasteiger partial charge in [-0.05, 0) is 6.92 Å². The lowest BCUT2D eigenvalue weighted by atomic mass is 10.3. The molecule has 0 atom stereocenters. The van der Waals surface area contributed by atoms with Gasteiger partial charge in [-0.2, -0.15) is 28.5 Å². The number of amides is 1. The Morgan fingerprint density at radius 3 is 2.52 bits per heavy atom. The van der Waals surface area contributed by atoms with Crippen molar-refractivity contribution in [3.63, 3.8) is 0 Å². The summed E-state index contributed by atoms with van der Waals surface area (Å²) >= 11 is 5.71. The van der Waals surface area contributed by atoms with Gasteiger partial charge in [-0.3, -0.25) is 18.8 Å². The highest BCUT2D eigenvalue weighted by Crippen LogP contribution is 2.36. The molecule has 0 aliphatic heterocycles. The Balaban J connectivity index is 1.73. The minimum Gasteiger partial charge on any atom is -0.318 e. The Bertz CT molecular complexity index is 973. The van der Waals surface area contributed by atoms with Crippen molar-refractivity contribution in [3.8, 4) is 0 Å². The zero-order valence-corrected chi connectivity index (χ0v) is 15.1. The number of hydrogen-bond donors (Lipinski definition) is 1. The van der Waals surface area contributed by atoms with Gasteiger partial charge in [0.1, 0.15) is 5.02 Å². The van der Waals surface area contributed by atoms with Gasteiger partial charge in [0.05, 0.1) is 24.6 Å². The highest BCUT2D eigenvalue weighted by Gasteiger charge is 2.40. The van der Waals surface area contributed by atoms with Crippen LogP contribution in [0.2, 0.25) is 5.02 Å². The van der Waals surface area contributed by atoms with Crippen LogP contribution in [0, 0.1) is 0 Å². The fourth-order valence-electron chi connectivity index (χ4n) is 2.50. The molecular formula is C15H15ClF3N7O. The third-order valence-corrected chi connectivity index (χ3v) is 4.08. The molecule has 144 valence electrons. The summed E-state index contributed by atoms with van der Waals surface area (Å²) in [6, 6.07) is 0. The average molecular weight is 402 g/mol. The summed E-state index contributed by atoms with van der Waals surface area (Å²) in [5.41, 5.74) is -0.472. The largest absolute Gasteiger partial charge is 0.434 e. The molecule has 3 rings (SSSR count). The number of nitrogens with one attached hydrogen (secondary N) is 1. The fraction of sp³-hybridized carbons (Fsp3) is 0.333. The number of aryl methyl sites for hydroxylation is 2. The van der Waals surface area contributed by atoms with Gasteiger partial charge in [-0.1, -0.05) is 11.6 Å². The van der Waals surface area contributed by atoms with Gasteiger partial charge in [0.2, 0.25) is 0 Å². The van der Waals surface area contributed by atoms with Crippen LogP contribution in [-0.4, -0.2) is 35.2 Å². The smallest absolute Gasteiger partial charge is 0.318 e. The highest BCUT2D eigenvalue weighted by molar-refractivity contribution is 6.34. The molecule has 0 aliphatic carbocycles. The van der Waals surface area contributed by atoms with Gasteiger partial charge in [-0.15, -0.1) is 0 Å². The van der Waals surface area contributed by atoms with Gasteiger partial charge in [-0.25, -0.2) is 0 Å². The maximum absolute atomic E-state index is 13.0. The topological polar surface area (TPSA) is 82.6 Å². The lowest BCUT2D eigenvalue weighted by molar-refractivity contribution is -0.143. The van der Waals surface area contributed by atoms with E-state index < -0.39 is 28.5 Å². The first kappa shape index (κ1) is 19.0. The molecule has 0 saturated carbocycles. The van der Waals surface area contributed by atoms with Crippen molar-refractivity contribution in [2.75, 3.05) is 5.32 Å². The molecule has 0 spiro atoms. The molecule has 0 radical (unpaired) electrons. The van der Waals surface area contributed by atoms with Gasteiger partial charge in [0, 0.05) is 31.5 Å². The highest BCUT2D eigenvalue weighted by atomic mass is 35.5. The number of rotatable bonds is 5. The average Bonchev–Trinajstić information content (AvgIpc) is 3.27. The van der Waals surface area contributed by atoms with Crippen LogP contribution in [0.1, 0.15) is 28.7 Å². The Labute approximate surface area is 156 Å². The standard InChI is InChI=1S/C15H15ClF3N7O/c1-3-25-6-9(4-20-25)7-26-8-10(5-21-26)22-14(27)12-11(16)13(15(17,18)19)24(2)23-12/h4-6,8H,3,7H2,1-2H3,(H,22,27). The second-order valence-corrected chi connectivity index (χ2v) is 6.10. The summed E-state index contributed by atoms with van der Waals surface area (Å²) in [5.74, 6) is -0.857. The van der Waals surface area contributed by atoms with Crippen molar-refractivity contribution >= 4 is 23.2 Å². The van der Waals surface area contributed by atoms with Crippen LogP contribution in [0.25, 0.3) is 0 Å². The van der Waals surface area contributed by atoms with E-state index in [1.54, 1.807) is 21.8 Å². The number of carbonyl (C=O) groups is 1. The zero-order chi connectivity index (χ0) is 19.8. The Morgan fingerprint density at radius 1 is 1.22 bits per heavy atom. The van der Waals surface area contributed by atoms with Crippen molar-refractivity contribution in [1.29, 1.82) is 0 Å². The van der Waals surface area contributed by atoms with Crippen molar-refractivity contribution < 1.29 is 18.0 Å². The number of carbonyl (C=O) groups excluding carboxylic acids is 1. The predicted molar refractivity (Wildman–Crippen MR) is 90.4 cm³/mol. The number of alkyl halides is 3. The van der Waals surface area contributed by atoms with E-state index in [1.165, 1.54) is 6.20 Å². The third-order valence-electron chi connectivity index (χ3n) is 3.72. The van der Waals surface area contributed by atoms with Gasteiger partial charge in [0.25, 0.3) is 5.91 Å². The molecule has 1 N–H and O–H groups in total. The lowest BCUT2D eigenvalue weighted by Gasteiger charge is -2.06. The van der Waals surface area contributed by atoms with Gasteiger partial charge < -0.3 is 5.32 Å². The quantitative estimate of drug-likeness (QED) is 0.712. The number of halogens is 4. The molecule has 3 aromatic rings. The van der Waals surface area contributed by atoms with Gasteiger partial charge >= 0.3 is 6.18 Å². The minimum absolute atomic E-state index is 0.304. The molecule has 1 amide bonds. The van der Waals surface area contributed by atoms with Crippen LogP contribution in [0.3, 0.4) is 0 Å². The maximum Gasteiger partial charge on any atom is 0.434 e. The Morgan fingerprint density at radius 2 is 1.93 bits per heavy atom. The molecule has 0 aliphatic rings. The Hall–Kier alpha value is -2.82. The van der Waals surface area contributed by atoms with E-state index in [2.05, 4.69) is 20.6 Å². The summed E-state index contributed by atoms with van der Waals surface area (Å²) in [5, 5.41) is 13.5. The first-order valence-corrected chi connectivity index (χ1v) is 8.21. The second-order valence-electron chi connectivity index (χ2n) is 5.72. The van der Waals surface area contributed by atoms with Crippen molar-refractivity contribution in [3.05, 3.63) is 46.8 Å². The normalized spacial score (nSPS) is 11.8. The minimum atomic E-state index is -4.72.